The highest BCUT2D eigenvalue weighted by Gasteiger charge is 2.33. The van der Waals surface area contributed by atoms with Crippen LogP contribution in [0.5, 0.6) is 0 Å². The molecule has 124 valence electrons. The van der Waals surface area contributed by atoms with Crippen molar-refractivity contribution in [1.82, 2.24) is 5.32 Å². The van der Waals surface area contributed by atoms with Crippen molar-refractivity contribution in [3.05, 3.63) is 65.5 Å². The molecule has 3 rings (SSSR count). The SMILES string of the molecule is CCc1ccc(C(=O)N[C@H]2CCN(c3ccc(F)cc3)C2=O)cc1. The number of nitrogens with one attached hydrogen (secondary N) is 1. The van der Waals surface area contributed by atoms with Crippen LogP contribution in [0, 0.1) is 5.82 Å². The number of benzene rings is 2. The number of carbonyl (C=O) groups is 2. The molecule has 0 bridgehead atoms. The van der Waals surface area contributed by atoms with Crippen molar-refractivity contribution in [2.45, 2.75) is 25.8 Å². The highest BCUT2D eigenvalue weighted by Crippen LogP contribution is 2.22. The van der Waals surface area contributed by atoms with Crippen LogP contribution in [0.1, 0.15) is 29.3 Å². The lowest BCUT2D eigenvalue weighted by molar-refractivity contribution is -0.118. The van der Waals surface area contributed by atoms with Crippen molar-refractivity contribution >= 4 is 17.5 Å². The predicted octanol–water partition coefficient (Wildman–Crippen LogP) is 2.92. The maximum Gasteiger partial charge on any atom is 0.251 e. The number of anilines is 1. The zero-order valence-electron chi connectivity index (χ0n) is 13.5. The van der Waals surface area contributed by atoms with Crippen LogP contribution in [0.15, 0.2) is 48.5 Å². The summed E-state index contributed by atoms with van der Waals surface area (Å²) in [6.45, 7) is 2.56. The lowest BCUT2D eigenvalue weighted by Crippen LogP contribution is -2.41. The minimum absolute atomic E-state index is 0.167. The number of hydrogen-bond acceptors (Lipinski definition) is 2. The molecule has 0 aromatic heterocycles. The Hall–Kier alpha value is -2.69. The van der Waals surface area contributed by atoms with Gasteiger partial charge in [0.25, 0.3) is 5.91 Å². The summed E-state index contributed by atoms with van der Waals surface area (Å²) in [7, 11) is 0. The minimum Gasteiger partial charge on any atom is -0.340 e. The molecule has 0 spiro atoms. The van der Waals surface area contributed by atoms with E-state index in [1.807, 2.05) is 12.1 Å². The highest BCUT2D eigenvalue weighted by molar-refractivity contribution is 6.03. The number of nitrogens with zero attached hydrogens (tertiary/aromatic N) is 1. The average Bonchev–Trinajstić information content (AvgIpc) is 2.96. The molecule has 1 saturated heterocycles. The van der Waals surface area contributed by atoms with Gasteiger partial charge >= 0.3 is 0 Å². The van der Waals surface area contributed by atoms with E-state index in [9.17, 15) is 14.0 Å². The highest BCUT2D eigenvalue weighted by atomic mass is 19.1. The van der Waals surface area contributed by atoms with Gasteiger partial charge in [-0.25, -0.2) is 4.39 Å². The second-order valence-corrected chi connectivity index (χ2v) is 5.83. The van der Waals surface area contributed by atoms with E-state index in [0.29, 0.717) is 24.2 Å². The third-order valence-corrected chi connectivity index (χ3v) is 4.27. The zero-order chi connectivity index (χ0) is 17.1. The summed E-state index contributed by atoms with van der Waals surface area (Å²) >= 11 is 0. The minimum atomic E-state index is -0.548. The Morgan fingerprint density at radius 3 is 2.46 bits per heavy atom. The van der Waals surface area contributed by atoms with Crippen LogP contribution in [-0.4, -0.2) is 24.4 Å². The quantitative estimate of drug-likeness (QED) is 0.939. The summed E-state index contributed by atoms with van der Waals surface area (Å²) in [6.07, 6.45) is 1.45. The molecule has 1 heterocycles. The molecule has 1 N–H and O–H groups in total. The Labute approximate surface area is 140 Å². The molecule has 0 radical (unpaired) electrons. The monoisotopic (exact) mass is 326 g/mol. The Morgan fingerprint density at radius 2 is 1.83 bits per heavy atom. The Kier molecular flexibility index (Phi) is 4.60. The van der Waals surface area contributed by atoms with E-state index in [2.05, 4.69) is 12.2 Å². The van der Waals surface area contributed by atoms with Gasteiger partial charge in [0.15, 0.2) is 0 Å². The van der Waals surface area contributed by atoms with Crippen molar-refractivity contribution in [3.63, 3.8) is 0 Å². The van der Waals surface area contributed by atoms with Crippen LogP contribution in [0.3, 0.4) is 0 Å². The van der Waals surface area contributed by atoms with E-state index in [4.69, 9.17) is 0 Å². The van der Waals surface area contributed by atoms with Gasteiger partial charge in [0.1, 0.15) is 11.9 Å². The fraction of sp³-hybridized carbons (Fsp3) is 0.263. The van der Waals surface area contributed by atoms with Gasteiger partial charge in [-0.1, -0.05) is 19.1 Å². The third-order valence-electron chi connectivity index (χ3n) is 4.27. The fourth-order valence-electron chi connectivity index (χ4n) is 2.82. The van der Waals surface area contributed by atoms with E-state index in [-0.39, 0.29) is 17.6 Å². The maximum atomic E-state index is 13.0. The molecule has 2 aromatic carbocycles. The summed E-state index contributed by atoms with van der Waals surface area (Å²) in [6, 6.07) is 12.6. The molecule has 1 atom stereocenters. The Morgan fingerprint density at radius 1 is 1.17 bits per heavy atom. The maximum absolute atomic E-state index is 13.0. The van der Waals surface area contributed by atoms with Crippen molar-refractivity contribution in [2.75, 3.05) is 11.4 Å². The fourth-order valence-corrected chi connectivity index (χ4v) is 2.82. The van der Waals surface area contributed by atoms with Crippen LogP contribution in [0.25, 0.3) is 0 Å². The van der Waals surface area contributed by atoms with Crippen molar-refractivity contribution in [2.24, 2.45) is 0 Å². The van der Waals surface area contributed by atoms with Crippen LogP contribution < -0.4 is 10.2 Å². The number of aryl methyl sites for hydroxylation is 1. The third kappa shape index (κ3) is 3.30. The molecule has 1 aliphatic rings. The van der Waals surface area contributed by atoms with E-state index >= 15 is 0 Å². The Balaban J connectivity index is 1.66. The van der Waals surface area contributed by atoms with Gasteiger partial charge < -0.3 is 10.2 Å². The number of amides is 2. The van der Waals surface area contributed by atoms with Gasteiger partial charge in [-0.05, 0) is 54.8 Å². The van der Waals surface area contributed by atoms with Crippen LogP contribution in [-0.2, 0) is 11.2 Å². The predicted molar refractivity (Wildman–Crippen MR) is 90.4 cm³/mol. The topological polar surface area (TPSA) is 49.4 Å². The van der Waals surface area contributed by atoms with Gasteiger partial charge in [-0.15, -0.1) is 0 Å². The van der Waals surface area contributed by atoms with Crippen molar-refractivity contribution < 1.29 is 14.0 Å². The molecule has 2 aromatic rings. The van der Waals surface area contributed by atoms with Gasteiger partial charge in [0.05, 0.1) is 0 Å². The van der Waals surface area contributed by atoms with E-state index in [1.165, 1.54) is 12.1 Å². The smallest absolute Gasteiger partial charge is 0.251 e. The molecule has 24 heavy (non-hydrogen) atoms. The molecular weight excluding hydrogens is 307 g/mol. The van der Waals surface area contributed by atoms with Crippen molar-refractivity contribution in [3.8, 4) is 0 Å². The lowest BCUT2D eigenvalue weighted by atomic mass is 10.1. The van der Waals surface area contributed by atoms with E-state index in [1.54, 1.807) is 29.2 Å². The summed E-state index contributed by atoms with van der Waals surface area (Å²) in [4.78, 5) is 26.4. The van der Waals surface area contributed by atoms with Crippen molar-refractivity contribution in [1.29, 1.82) is 0 Å². The molecule has 2 amide bonds. The lowest BCUT2D eigenvalue weighted by Gasteiger charge is -2.17. The molecule has 0 unspecified atom stereocenters. The number of halogens is 1. The number of rotatable bonds is 4. The average molecular weight is 326 g/mol. The first-order valence-electron chi connectivity index (χ1n) is 8.05. The number of hydrogen-bond donors (Lipinski definition) is 1. The largest absolute Gasteiger partial charge is 0.340 e. The summed E-state index contributed by atoms with van der Waals surface area (Å²) in [5.41, 5.74) is 2.34. The van der Waals surface area contributed by atoms with Gasteiger partial charge in [0, 0.05) is 17.8 Å². The Bertz CT molecular complexity index is 741. The van der Waals surface area contributed by atoms with Crippen LogP contribution in [0.2, 0.25) is 0 Å². The second-order valence-electron chi connectivity index (χ2n) is 5.83. The van der Waals surface area contributed by atoms with Gasteiger partial charge in [0.2, 0.25) is 5.91 Å². The van der Waals surface area contributed by atoms with Crippen LogP contribution >= 0.6 is 0 Å². The number of carbonyl (C=O) groups excluding carboxylic acids is 2. The van der Waals surface area contributed by atoms with Gasteiger partial charge in [-0.3, -0.25) is 9.59 Å². The van der Waals surface area contributed by atoms with E-state index in [0.717, 1.165) is 12.0 Å². The normalized spacial score (nSPS) is 17.2. The summed E-state index contributed by atoms with van der Waals surface area (Å²) in [5, 5.41) is 2.79. The molecule has 0 aliphatic carbocycles. The summed E-state index contributed by atoms with van der Waals surface area (Å²) in [5.74, 6) is -0.761. The molecule has 1 aliphatic heterocycles. The van der Waals surface area contributed by atoms with Gasteiger partial charge in [-0.2, -0.15) is 0 Å². The van der Waals surface area contributed by atoms with E-state index < -0.39 is 6.04 Å². The molecule has 1 fully saturated rings. The molecule has 5 heteroatoms. The standard InChI is InChI=1S/C19H19FN2O2/c1-2-13-3-5-14(6-4-13)18(23)21-17-11-12-22(19(17)24)16-9-7-15(20)8-10-16/h3-10,17H,2,11-12H2,1H3,(H,21,23)/t17-/m0/s1. The summed E-state index contributed by atoms with van der Waals surface area (Å²) < 4.78 is 13.0. The molecular formula is C19H19FN2O2. The molecule has 4 nitrogen and oxygen atoms in total. The second kappa shape index (κ2) is 6.83. The first kappa shape index (κ1) is 16.2. The first-order valence-corrected chi connectivity index (χ1v) is 8.05. The first-order chi connectivity index (χ1) is 11.6. The zero-order valence-corrected chi connectivity index (χ0v) is 13.5. The van der Waals surface area contributed by atoms with Crippen LogP contribution in [0.4, 0.5) is 10.1 Å². The molecule has 0 saturated carbocycles.